The molecule has 1 atom stereocenters. The van der Waals surface area contributed by atoms with Gasteiger partial charge in [-0.3, -0.25) is 4.99 Å². The molecule has 0 aromatic heterocycles. The lowest BCUT2D eigenvalue weighted by molar-refractivity contribution is 0.326. The minimum absolute atomic E-state index is 0. The third-order valence-corrected chi connectivity index (χ3v) is 3.99. The van der Waals surface area contributed by atoms with Crippen molar-refractivity contribution < 1.29 is 0 Å². The second kappa shape index (κ2) is 5.56. The van der Waals surface area contributed by atoms with Gasteiger partial charge in [-0.05, 0) is 36.5 Å². The van der Waals surface area contributed by atoms with E-state index in [4.69, 9.17) is 5.73 Å². The maximum absolute atomic E-state index is 5.80. The predicted octanol–water partition coefficient (Wildman–Crippen LogP) is 2.35. The predicted molar refractivity (Wildman–Crippen MR) is 79.1 cm³/mol. The first-order valence-electron chi connectivity index (χ1n) is 6.12. The Labute approximate surface area is 116 Å². The van der Waals surface area contributed by atoms with E-state index >= 15 is 0 Å². The zero-order valence-corrected chi connectivity index (χ0v) is 12.7. The molecule has 16 heavy (non-hydrogen) atoms. The molecule has 4 heteroatoms. The average molecular weight is 337 g/mol. The molecule has 0 aliphatic heterocycles. The van der Waals surface area contributed by atoms with Crippen LogP contribution in [0.5, 0.6) is 0 Å². The second-order valence-electron chi connectivity index (χ2n) is 5.79. The highest BCUT2D eigenvalue weighted by Gasteiger charge is 2.44. The summed E-state index contributed by atoms with van der Waals surface area (Å²) in [4.78, 5) is 4.38. The van der Waals surface area contributed by atoms with E-state index < -0.39 is 0 Å². The monoisotopic (exact) mass is 337 g/mol. The van der Waals surface area contributed by atoms with E-state index in [1.165, 1.54) is 25.7 Å². The quantitative estimate of drug-likeness (QED) is 0.470. The number of nitrogens with two attached hydrogens (primary N) is 1. The Kier molecular flexibility index (Phi) is 4.88. The van der Waals surface area contributed by atoms with Crippen LogP contribution in [0.1, 0.15) is 39.5 Å². The molecule has 2 saturated carbocycles. The van der Waals surface area contributed by atoms with E-state index in [0.717, 1.165) is 24.9 Å². The smallest absolute Gasteiger partial charge is 0.188 e. The third kappa shape index (κ3) is 3.79. The lowest BCUT2D eigenvalue weighted by atomic mass is 9.86. The molecule has 0 bridgehead atoms. The fraction of sp³-hybridized carbons (Fsp3) is 0.917. The van der Waals surface area contributed by atoms with E-state index in [2.05, 4.69) is 24.2 Å². The number of halogens is 1. The molecule has 2 aliphatic carbocycles. The summed E-state index contributed by atoms with van der Waals surface area (Å²) >= 11 is 0. The summed E-state index contributed by atoms with van der Waals surface area (Å²) in [6.45, 7) is 6.53. The van der Waals surface area contributed by atoms with Gasteiger partial charge in [0, 0.05) is 13.1 Å². The standard InChI is InChI=1S/C12H23N3.HI/c1-12(2)6-10(12)8-15-11(13)14-7-9-4-3-5-9;/h9-10H,3-8H2,1-2H3,(H3,13,14,15);1H. The number of nitrogens with zero attached hydrogens (tertiary/aromatic N) is 1. The van der Waals surface area contributed by atoms with Crippen molar-refractivity contribution in [2.24, 2.45) is 28.0 Å². The van der Waals surface area contributed by atoms with E-state index in [1.54, 1.807) is 0 Å². The fourth-order valence-corrected chi connectivity index (χ4v) is 2.11. The molecular formula is C12H24IN3. The normalized spacial score (nSPS) is 27.9. The number of guanidine groups is 1. The SMILES string of the molecule is CC1(C)CC1CNC(N)=NCC1CCC1.I. The van der Waals surface area contributed by atoms with E-state index in [-0.39, 0.29) is 24.0 Å². The largest absolute Gasteiger partial charge is 0.370 e. The van der Waals surface area contributed by atoms with Crippen molar-refractivity contribution in [3.63, 3.8) is 0 Å². The fourth-order valence-electron chi connectivity index (χ4n) is 2.11. The molecule has 2 fully saturated rings. The molecule has 0 aromatic rings. The molecule has 0 radical (unpaired) electrons. The highest BCUT2D eigenvalue weighted by Crippen LogP contribution is 2.50. The van der Waals surface area contributed by atoms with Crippen LogP contribution in [0.2, 0.25) is 0 Å². The molecule has 0 aromatic carbocycles. The molecule has 0 saturated heterocycles. The number of aliphatic imine (C=N–C) groups is 1. The van der Waals surface area contributed by atoms with Gasteiger partial charge in [-0.25, -0.2) is 0 Å². The van der Waals surface area contributed by atoms with Crippen molar-refractivity contribution in [1.82, 2.24) is 5.32 Å². The van der Waals surface area contributed by atoms with Gasteiger partial charge in [0.05, 0.1) is 0 Å². The van der Waals surface area contributed by atoms with Gasteiger partial charge >= 0.3 is 0 Å². The van der Waals surface area contributed by atoms with Crippen molar-refractivity contribution in [2.45, 2.75) is 39.5 Å². The first-order valence-corrected chi connectivity index (χ1v) is 6.12. The minimum Gasteiger partial charge on any atom is -0.370 e. The second-order valence-corrected chi connectivity index (χ2v) is 5.79. The molecule has 94 valence electrons. The first-order chi connectivity index (χ1) is 7.08. The van der Waals surface area contributed by atoms with Crippen LogP contribution < -0.4 is 11.1 Å². The number of nitrogens with one attached hydrogen (secondary N) is 1. The first kappa shape index (κ1) is 14.1. The Balaban J connectivity index is 0.00000128. The van der Waals surface area contributed by atoms with Crippen LogP contribution in [-0.2, 0) is 0 Å². The Morgan fingerprint density at radius 2 is 2.06 bits per heavy atom. The highest BCUT2D eigenvalue weighted by atomic mass is 127. The van der Waals surface area contributed by atoms with Gasteiger partial charge in [0.25, 0.3) is 0 Å². The van der Waals surface area contributed by atoms with Crippen molar-refractivity contribution in [2.75, 3.05) is 13.1 Å². The molecule has 3 N–H and O–H groups in total. The summed E-state index contributed by atoms with van der Waals surface area (Å²) in [5.41, 5.74) is 6.33. The molecular weight excluding hydrogens is 313 g/mol. The summed E-state index contributed by atoms with van der Waals surface area (Å²) in [7, 11) is 0. The van der Waals surface area contributed by atoms with E-state index in [9.17, 15) is 0 Å². The van der Waals surface area contributed by atoms with Crippen LogP contribution in [0.25, 0.3) is 0 Å². The number of rotatable bonds is 4. The van der Waals surface area contributed by atoms with Crippen LogP contribution >= 0.6 is 24.0 Å². The van der Waals surface area contributed by atoms with Crippen molar-refractivity contribution in [1.29, 1.82) is 0 Å². The summed E-state index contributed by atoms with van der Waals surface area (Å²) in [6, 6.07) is 0. The Bertz CT molecular complexity index is 259. The van der Waals surface area contributed by atoms with Gasteiger partial charge in [0.2, 0.25) is 0 Å². The van der Waals surface area contributed by atoms with Crippen LogP contribution in [-0.4, -0.2) is 19.0 Å². The lowest BCUT2D eigenvalue weighted by Gasteiger charge is -2.23. The van der Waals surface area contributed by atoms with Gasteiger partial charge in [-0.15, -0.1) is 24.0 Å². The highest BCUT2D eigenvalue weighted by molar-refractivity contribution is 14.0. The zero-order chi connectivity index (χ0) is 10.9. The Morgan fingerprint density at radius 1 is 1.44 bits per heavy atom. The van der Waals surface area contributed by atoms with Crippen molar-refractivity contribution in [3.05, 3.63) is 0 Å². The lowest BCUT2D eigenvalue weighted by Crippen LogP contribution is -2.34. The van der Waals surface area contributed by atoms with Crippen LogP contribution in [0.4, 0.5) is 0 Å². The van der Waals surface area contributed by atoms with Gasteiger partial charge in [0.1, 0.15) is 0 Å². The summed E-state index contributed by atoms with van der Waals surface area (Å²) in [5.74, 6) is 2.24. The van der Waals surface area contributed by atoms with Gasteiger partial charge in [-0.1, -0.05) is 20.3 Å². The molecule has 0 amide bonds. The van der Waals surface area contributed by atoms with Crippen LogP contribution in [0.3, 0.4) is 0 Å². The van der Waals surface area contributed by atoms with Gasteiger partial charge in [-0.2, -0.15) is 0 Å². The van der Waals surface area contributed by atoms with E-state index in [1.807, 2.05) is 0 Å². The zero-order valence-electron chi connectivity index (χ0n) is 10.3. The topological polar surface area (TPSA) is 50.4 Å². The third-order valence-electron chi connectivity index (χ3n) is 3.99. The number of hydrogen-bond donors (Lipinski definition) is 2. The molecule has 0 spiro atoms. The van der Waals surface area contributed by atoms with Gasteiger partial charge < -0.3 is 11.1 Å². The molecule has 1 unspecified atom stereocenters. The summed E-state index contributed by atoms with van der Waals surface area (Å²) in [5, 5.41) is 3.23. The number of hydrogen-bond acceptors (Lipinski definition) is 1. The summed E-state index contributed by atoms with van der Waals surface area (Å²) < 4.78 is 0. The van der Waals surface area contributed by atoms with Crippen molar-refractivity contribution >= 4 is 29.9 Å². The Hall–Kier alpha value is 0. The molecule has 0 heterocycles. The molecule has 2 rings (SSSR count). The van der Waals surface area contributed by atoms with Crippen molar-refractivity contribution in [3.8, 4) is 0 Å². The maximum Gasteiger partial charge on any atom is 0.188 e. The maximum atomic E-state index is 5.80. The Morgan fingerprint density at radius 3 is 2.50 bits per heavy atom. The molecule has 3 nitrogen and oxygen atoms in total. The minimum atomic E-state index is 0. The average Bonchev–Trinajstić information content (AvgIpc) is 2.68. The van der Waals surface area contributed by atoms with Crippen LogP contribution in [0, 0.1) is 17.3 Å². The van der Waals surface area contributed by atoms with Crippen LogP contribution in [0.15, 0.2) is 4.99 Å². The molecule has 2 aliphatic rings. The summed E-state index contributed by atoms with van der Waals surface area (Å²) in [6.07, 6.45) is 5.37. The van der Waals surface area contributed by atoms with E-state index in [0.29, 0.717) is 11.4 Å². The van der Waals surface area contributed by atoms with Gasteiger partial charge in [0.15, 0.2) is 5.96 Å².